The minimum absolute atomic E-state index is 0.190. The zero-order valence-corrected chi connectivity index (χ0v) is 10.9. The Morgan fingerprint density at radius 2 is 2.00 bits per heavy atom. The maximum absolute atomic E-state index is 13.3. The first kappa shape index (κ1) is 14.8. The monoisotopic (exact) mass is 274 g/mol. The molecule has 2 N–H and O–H groups in total. The lowest BCUT2D eigenvalue weighted by molar-refractivity contribution is 0.146. The maximum Gasteiger partial charge on any atom is 0.170 e. The normalized spacial score (nSPS) is 10.2. The molecule has 0 atom stereocenters. The van der Waals surface area contributed by atoms with E-state index in [1.807, 2.05) is 6.92 Å². The van der Waals surface area contributed by atoms with Gasteiger partial charge in [-0.05, 0) is 37.7 Å². The molecule has 0 amide bonds. The molecule has 0 spiro atoms. The van der Waals surface area contributed by atoms with Gasteiger partial charge in [-0.1, -0.05) is 6.07 Å². The van der Waals surface area contributed by atoms with Crippen molar-refractivity contribution in [2.45, 2.75) is 13.3 Å². The molecule has 0 saturated carbocycles. The summed E-state index contributed by atoms with van der Waals surface area (Å²) in [6, 6.07) is 3.64. The van der Waals surface area contributed by atoms with Gasteiger partial charge < -0.3 is 15.4 Å². The van der Waals surface area contributed by atoms with Crippen LogP contribution in [-0.2, 0) is 4.74 Å². The number of hydrogen-bond acceptors (Lipinski definition) is 2. The van der Waals surface area contributed by atoms with E-state index in [4.69, 9.17) is 17.0 Å². The molecule has 0 aromatic heterocycles. The molecule has 0 bridgehead atoms. The average molecular weight is 274 g/mol. The Hall–Kier alpha value is -1.27. The van der Waals surface area contributed by atoms with Crippen LogP contribution in [0.3, 0.4) is 0 Å². The fourth-order valence-corrected chi connectivity index (χ4v) is 1.50. The van der Waals surface area contributed by atoms with E-state index in [1.165, 1.54) is 18.2 Å². The number of para-hydroxylation sites is 1. The van der Waals surface area contributed by atoms with Gasteiger partial charge in [-0.25, -0.2) is 8.78 Å². The van der Waals surface area contributed by atoms with Crippen LogP contribution in [0.25, 0.3) is 0 Å². The van der Waals surface area contributed by atoms with Crippen molar-refractivity contribution in [3.8, 4) is 0 Å². The van der Waals surface area contributed by atoms with E-state index < -0.39 is 11.6 Å². The summed E-state index contributed by atoms with van der Waals surface area (Å²) in [6.07, 6.45) is 0.773. The first-order valence-electron chi connectivity index (χ1n) is 5.71. The van der Waals surface area contributed by atoms with Gasteiger partial charge in [0.2, 0.25) is 0 Å². The highest BCUT2D eigenvalue weighted by Crippen LogP contribution is 2.17. The van der Waals surface area contributed by atoms with Gasteiger partial charge in [0, 0.05) is 19.8 Å². The lowest BCUT2D eigenvalue weighted by atomic mass is 10.3. The topological polar surface area (TPSA) is 33.3 Å². The van der Waals surface area contributed by atoms with Crippen LogP contribution in [0.15, 0.2) is 18.2 Å². The van der Waals surface area contributed by atoms with E-state index >= 15 is 0 Å². The van der Waals surface area contributed by atoms with Gasteiger partial charge >= 0.3 is 0 Å². The molecular formula is C12H16F2N2OS. The molecule has 6 heteroatoms. The molecule has 0 aliphatic heterocycles. The van der Waals surface area contributed by atoms with Crippen molar-refractivity contribution in [1.29, 1.82) is 0 Å². The molecule has 0 saturated heterocycles. The number of rotatable bonds is 6. The van der Waals surface area contributed by atoms with Crippen molar-refractivity contribution in [3.05, 3.63) is 29.8 Å². The Balaban J connectivity index is 2.36. The van der Waals surface area contributed by atoms with Gasteiger partial charge in [-0.15, -0.1) is 0 Å². The van der Waals surface area contributed by atoms with Crippen LogP contribution in [0.4, 0.5) is 14.5 Å². The molecule has 1 aromatic carbocycles. The third-order valence-corrected chi connectivity index (χ3v) is 2.40. The van der Waals surface area contributed by atoms with Crippen LogP contribution in [0.5, 0.6) is 0 Å². The van der Waals surface area contributed by atoms with Crippen molar-refractivity contribution in [1.82, 2.24) is 5.32 Å². The highest BCUT2D eigenvalue weighted by Gasteiger charge is 2.09. The Labute approximate surface area is 111 Å². The maximum atomic E-state index is 13.3. The minimum atomic E-state index is -0.673. The number of halogens is 2. The summed E-state index contributed by atoms with van der Waals surface area (Å²) in [5.41, 5.74) is -0.236. The van der Waals surface area contributed by atoms with Gasteiger partial charge in [-0.2, -0.15) is 0 Å². The van der Waals surface area contributed by atoms with E-state index in [1.54, 1.807) is 0 Å². The Morgan fingerprint density at radius 1 is 1.33 bits per heavy atom. The second kappa shape index (κ2) is 7.94. The molecule has 0 unspecified atom stereocenters. The van der Waals surface area contributed by atoms with Gasteiger partial charge in [0.15, 0.2) is 5.11 Å². The Kier molecular flexibility index (Phi) is 6.53. The zero-order chi connectivity index (χ0) is 13.4. The second-order valence-corrected chi connectivity index (χ2v) is 3.94. The molecule has 100 valence electrons. The molecule has 0 radical (unpaired) electrons. The minimum Gasteiger partial charge on any atom is -0.382 e. The third-order valence-electron chi connectivity index (χ3n) is 2.16. The number of nitrogens with one attached hydrogen (secondary N) is 2. The van der Waals surface area contributed by atoms with E-state index in [0.29, 0.717) is 19.8 Å². The number of benzene rings is 1. The summed E-state index contributed by atoms with van der Waals surface area (Å²) in [5.74, 6) is -1.35. The fraction of sp³-hybridized carbons (Fsp3) is 0.417. The molecule has 18 heavy (non-hydrogen) atoms. The SMILES string of the molecule is CCOCCCNC(=S)Nc1c(F)cccc1F. The standard InChI is InChI=1S/C12H16F2N2OS/c1-2-17-8-4-7-15-12(18)16-11-9(13)5-3-6-10(11)14/h3,5-6H,2,4,7-8H2,1H3,(H2,15,16,18). The number of ether oxygens (including phenoxy) is 1. The molecular weight excluding hydrogens is 258 g/mol. The predicted molar refractivity (Wildman–Crippen MR) is 71.7 cm³/mol. The first-order chi connectivity index (χ1) is 8.65. The van der Waals surface area contributed by atoms with Crippen LogP contribution < -0.4 is 10.6 Å². The summed E-state index contributed by atoms with van der Waals surface area (Å²) < 4.78 is 31.7. The number of anilines is 1. The van der Waals surface area contributed by atoms with Crippen LogP contribution in [0.2, 0.25) is 0 Å². The highest BCUT2D eigenvalue weighted by molar-refractivity contribution is 7.80. The summed E-state index contributed by atoms with van der Waals surface area (Å²) in [6.45, 7) is 3.80. The molecule has 0 aliphatic rings. The largest absolute Gasteiger partial charge is 0.382 e. The smallest absolute Gasteiger partial charge is 0.170 e. The van der Waals surface area contributed by atoms with Gasteiger partial charge in [0.25, 0.3) is 0 Å². The van der Waals surface area contributed by atoms with Crippen molar-refractivity contribution in [3.63, 3.8) is 0 Å². The lowest BCUT2D eigenvalue weighted by Gasteiger charge is -2.11. The summed E-state index contributed by atoms with van der Waals surface area (Å²) in [4.78, 5) is 0. The Morgan fingerprint density at radius 3 is 2.61 bits per heavy atom. The van der Waals surface area contributed by atoms with Crippen LogP contribution in [-0.4, -0.2) is 24.9 Å². The van der Waals surface area contributed by atoms with Gasteiger partial charge in [-0.3, -0.25) is 0 Å². The third kappa shape index (κ3) is 4.93. The first-order valence-corrected chi connectivity index (χ1v) is 6.12. The quantitative estimate of drug-likeness (QED) is 0.617. The summed E-state index contributed by atoms with van der Waals surface area (Å²) >= 11 is 4.94. The Bertz CT molecular complexity index is 381. The van der Waals surface area contributed by atoms with E-state index in [-0.39, 0.29) is 10.8 Å². The molecule has 1 rings (SSSR count). The van der Waals surface area contributed by atoms with Crippen LogP contribution in [0.1, 0.15) is 13.3 Å². The fourth-order valence-electron chi connectivity index (χ4n) is 1.30. The van der Waals surface area contributed by atoms with Crippen LogP contribution >= 0.6 is 12.2 Å². The van der Waals surface area contributed by atoms with E-state index in [2.05, 4.69) is 10.6 Å². The highest BCUT2D eigenvalue weighted by atomic mass is 32.1. The van der Waals surface area contributed by atoms with Crippen molar-refractivity contribution in [2.24, 2.45) is 0 Å². The van der Waals surface area contributed by atoms with Crippen molar-refractivity contribution < 1.29 is 13.5 Å². The molecule has 0 fully saturated rings. The molecule has 0 aliphatic carbocycles. The van der Waals surface area contributed by atoms with Gasteiger partial charge in [0.05, 0.1) is 0 Å². The van der Waals surface area contributed by atoms with E-state index in [0.717, 1.165) is 6.42 Å². The van der Waals surface area contributed by atoms with Crippen molar-refractivity contribution in [2.75, 3.05) is 25.1 Å². The number of hydrogen-bond donors (Lipinski definition) is 2. The van der Waals surface area contributed by atoms with Gasteiger partial charge in [0.1, 0.15) is 17.3 Å². The molecule has 1 aromatic rings. The van der Waals surface area contributed by atoms with Crippen molar-refractivity contribution >= 4 is 23.0 Å². The molecule has 0 heterocycles. The van der Waals surface area contributed by atoms with E-state index in [9.17, 15) is 8.78 Å². The molecule has 3 nitrogen and oxygen atoms in total. The average Bonchev–Trinajstić information content (AvgIpc) is 2.34. The second-order valence-electron chi connectivity index (χ2n) is 3.53. The summed E-state index contributed by atoms with van der Waals surface area (Å²) in [5, 5.41) is 5.54. The predicted octanol–water partition coefficient (Wildman–Crippen LogP) is 2.68. The van der Waals surface area contributed by atoms with Crippen LogP contribution in [0, 0.1) is 11.6 Å². The zero-order valence-electron chi connectivity index (χ0n) is 10.1. The lowest BCUT2D eigenvalue weighted by Crippen LogP contribution is -2.30. The number of thiocarbonyl (C=S) groups is 1. The summed E-state index contributed by atoms with van der Waals surface area (Å²) in [7, 11) is 0.